The molecule has 0 atom stereocenters. The normalized spacial score (nSPS) is 10.5. The van der Waals surface area contributed by atoms with Gasteiger partial charge in [0.05, 0.1) is 23.6 Å². The molecule has 0 saturated carbocycles. The van der Waals surface area contributed by atoms with Crippen LogP contribution in [-0.2, 0) is 6.54 Å². The summed E-state index contributed by atoms with van der Waals surface area (Å²) in [5, 5.41) is 6.95. The molecule has 1 amide bonds. The van der Waals surface area contributed by atoms with Crippen molar-refractivity contribution < 1.29 is 4.79 Å². The highest BCUT2D eigenvalue weighted by Gasteiger charge is 2.11. The first-order chi connectivity index (χ1) is 13.3. The highest BCUT2D eigenvalue weighted by molar-refractivity contribution is 6.07. The molecule has 0 unspecified atom stereocenters. The molecule has 1 aromatic carbocycles. The van der Waals surface area contributed by atoms with Gasteiger partial charge in [-0.25, -0.2) is 9.97 Å². The zero-order valence-corrected chi connectivity index (χ0v) is 14.3. The van der Waals surface area contributed by atoms with E-state index >= 15 is 0 Å². The number of benzene rings is 1. The number of anilines is 2. The third kappa shape index (κ3) is 3.87. The lowest BCUT2D eigenvalue weighted by molar-refractivity contribution is 0.102. The van der Waals surface area contributed by atoms with E-state index in [1.807, 2.05) is 42.5 Å². The molecule has 0 bridgehead atoms. The van der Waals surface area contributed by atoms with Crippen LogP contribution in [0.2, 0.25) is 0 Å². The fourth-order valence-corrected chi connectivity index (χ4v) is 2.62. The van der Waals surface area contributed by atoms with Crippen LogP contribution in [0.5, 0.6) is 0 Å². The van der Waals surface area contributed by atoms with Gasteiger partial charge >= 0.3 is 0 Å². The lowest BCUT2D eigenvalue weighted by Crippen LogP contribution is -2.15. The van der Waals surface area contributed by atoms with E-state index in [1.54, 1.807) is 18.6 Å². The maximum atomic E-state index is 12.5. The summed E-state index contributed by atoms with van der Waals surface area (Å²) < 4.78 is 0. The molecular formula is C20H16N6O. The number of aromatic nitrogens is 4. The lowest BCUT2D eigenvalue weighted by atomic mass is 10.2. The molecule has 0 aliphatic rings. The highest BCUT2D eigenvalue weighted by Crippen LogP contribution is 2.21. The Kier molecular flexibility index (Phi) is 4.65. The fraction of sp³-hybridized carbons (Fsp3) is 0.0500. The van der Waals surface area contributed by atoms with Crippen LogP contribution in [0.15, 0.2) is 73.4 Å². The molecule has 4 rings (SSSR count). The second kappa shape index (κ2) is 7.57. The summed E-state index contributed by atoms with van der Waals surface area (Å²) in [4.78, 5) is 29.3. The van der Waals surface area contributed by atoms with Crippen LogP contribution in [0.25, 0.3) is 10.9 Å². The van der Waals surface area contributed by atoms with E-state index in [1.165, 1.54) is 12.4 Å². The van der Waals surface area contributed by atoms with Crippen molar-refractivity contribution in [2.45, 2.75) is 6.54 Å². The molecule has 0 radical (unpaired) electrons. The van der Waals surface area contributed by atoms with Crippen LogP contribution in [-0.4, -0.2) is 25.8 Å². The van der Waals surface area contributed by atoms with Crippen LogP contribution in [0.1, 0.15) is 16.1 Å². The monoisotopic (exact) mass is 356 g/mol. The van der Waals surface area contributed by atoms with Crippen molar-refractivity contribution in [3.05, 3.63) is 84.7 Å². The van der Waals surface area contributed by atoms with E-state index in [2.05, 4.69) is 30.6 Å². The predicted molar refractivity (Wildman–Crippen MR) is 103 cm³/mol. The van der Waals surface area contributed by atoms with E-state index in [0.717, 1.165) is 16.5 Å². The number of pyridine rings is 2. The zero-order valence-electron chi connectivity index (χ0n) is 14.3. The quantitative estimate of drug-likeness (QED) is 0.570. The third-order valence-corrected chi connectivity index (χ3v) is 3.96. The number of rotatable bonds is 5. The number of carbonyl (C=O) groups excluding carboxylic acids is 1. The minimum Gasteiger partial charge on any atom is -0.365 e. The summed E-state index contributed by atoms with van der Waals surface area (Å²) in [5.74, 6) is 0.252. The maximum absolute atomic E-state index is 12.5. The third-order valence-electron chi connectivity index (χ3n) is 3.96. The number of para-hydroxylation sites is 1. The van der Waals surface area contributed by atoms with Gasteiger partial charge in [0.25, 0.3) is 5.91 Å². The fourth-order valence-electron chi connectivity index (χ4n) is 2.62. The summed E-state index contributed by atoms with van der Waals surface area (Å²) in [6.07, 6.45) is 8.18. The van der Waals surface area contributed by atoms with Crippen LogP contribution in [0, 0.1) is 0 Å². The smallest absolute Gasteiger partial charge is 0.275 e. The Bertz CT molecular complexity index is 1060. The average Bonchev–Trinajstić information content (AvgIpc) is 2.74. The van der Waals surface area contributed by atoms with Gasteiger partial charge in [0.15, 0.2) is 0 Å². The number of carbonyl (C=O) groups is 1. The summed E-state index contributed by atoms with van der Waals surface area (Å²) >= 11 is 0. The first-order valence-electron chi connectivity index (χ1n) is 8.39. The summed E-state index contributed by atoms with van der Waals surface area (Å²) in [6.45, 7) is 0.579. The molecule has 27 heavy (non-hydrogen) atoms. The Morgan fingerprint density at radius 3 is 2.59 bits per heavy atom. The van der Waals surface area contributed by atoms with Gasteiger partial charge in [-0.1, -0.05) is 24.3 Å². The van der Waals surface area contributed by atoms with Crippen LogP contribution < -0.4 is 10.6 Å². The number of fused-ring (bicyclic) bond motifs is 1. The number of hydrogen-bond donors (Lipinski definition) is 2. The Hall–Kier alpha value is -3.87. The van der Waals surface area contributed by atoms with E-state index in [9.17, 15) is 4.79 Å². The maximum Gasteiger partial charge on any atom is 0.275 e. The van der Waals surface area contributed by atoms with Gasteiger partial charge in [0, 0.05) is 30.5 Å². The van der Waals surface area contributed by atoms with Crippen molar-refractivity contribution in [3.63, 3.8) is 0 Å². The number of nitrogens with zero attached hydrogens (tertiary/aromatic N) is 4. The standard InChI is InChI=1S/C20H16N6O/c27-20(26-16-7-1-5-15-6-3-9-22-19(15)16)17-12-25-18(13-23-17)24-11-14-4-2-8-21-10-14/h1-10,12-13H,11H2,(H,24,25)(H,26,27). The number of hydrogen-bond acceptors (Lipinski definition) is 6. The second-order valence-corrected chi connectivity index (χ2v) is 5.84. The molecule has 4 aromatic rings. The highest BCUT2D eigenvalue weighted by atomic mass is 16.1. The van der Waals surface area contributed by atoms with Gasteiger partial charge in [0.2, 0.25) is 0 Å². The summed E-state index contributed by atoms with van der Waals surface area (Å²) in [6, 6.07) is 13.3. The molecule has 0 fully saturated rings. The van der Waals surface area contributed by atoms with E-state index in [4.69, 9.17) is 0 Å². The van der Waals surface area contributed by atoms with Crippen LogP contribution in [0.3, 0.4) is 0 Å². The van der Waals surface area contributed by atoms with E-state index in [0.29, 0.717) is 18.1 Å². The topological polar surface area (TPSA) is 92.7 Å². The first-order valence-corrected chi connectivity index (χ1v) is 8.39. The van der Waals surface area contributed by atoms with Crippen molar-refractivity contribution in [1.82, 2.24) is 19.9 Å². The van der Waals surface area contributed by atoms with Gasteiger partial charge < -0.3 is 10.6 Å². The minimum atomic E-state index is -0.334. The van der Waals surface area contributed by atoms with Crippen molar-refractivity contribution in [3.8, 4) is 0 Å². The Morgan fingerprint density at radius 1 is 0.889 bits per heavy atom. The number of amides is 1. The lowest BCUT2D eigenvalue weighted by Gasteiger charge is -2.08. The SMILES string of the molecule is O=C(Nc1cccc2cccnc12)c1cnc(NCc2cccnc2)cn1. The first kappa shape index (κ1) is 16.6. The minimum absolute atomic E-state index is 0.231. The van der Waals surface area contributed by atoms with Crippen molar-refractivity contribution in [2.75, 3.05) is 10.6 Å². The molecule has 3 aromatic heterocycles. The zero-order chi connectivity index (χ0) is 18.5. The summed E-state index contributed by atoms with van der Waals surface area (Å²) in [5.41, 5.74) is 2.63. The van der Waals surface area contributed by atoms with Crippen molar-refractivity contribution >= 4 is 28.3 Å². The average molecular weight is 356 g/mol. The summed E-state index contributed by atoms with van der Waals surface area (Å²) in [7, 11) is 0. The van der Waals surface area contributed by atoms with Crippen LogP contribution >= 0.6 is 0 Å². The van der Waals surface area contributed by atoms with E-state index in [-0.39, 0.29) is 11.6 Å². The van der Waals surface area contributed by atoms with Crippen LogP contribution in [0.4, 0.5) is 11.5 Å². The number of nitrogens with one attached hydrogen (secondary N) is 2. The van der Waals surface area contributed by atoms with Gasteiger partial charge in [-0.2, -0.15) is 0 Å². The van der Waals surface area contributed by atoms with Gasteiger partial charge in [0.1, 0.15) is 11.5 Å². The Morgan fingerprint density at radius 2 is 1.78 bits per heavy atom. The largest absolute Gasteiger partial charge is 0.365 e. The van der Waals surface area contributed by atoms with Gasteiger partial charge in [-0.05, 0) is 23.8 Å². The molecule has 7 nitrogen and oxygen atoms in total. The second-order valence-electron chi connectivity index (χ2n) is 5.84. The molecule has 7 heteroatoms. The Balaban J connectivity index is 1.44. The predicted octanol–water partition coefficient (Wildman–Crippen LogP) is 3.28. The molecule has 0 saturated heterocycles. The molecule has 3 heterocycles. The molecular weight excluding hydrogens is 340 g/mol. The molecule has 2 N–H and O–H groups in total. The van der Waals surface area contributed by atoms with Crippen molar-refractivity contribution in [1.29, 1.82) is 0 Å². The van der Waals surface area contributed by atoms with Crippen molar-refractivity contribution in [2.24, 2.45) is 0 Å². The molecule has 132 valence electrons. The van der Waals surface area contributed by atoms with E-state index < -0.39 is 0 Å². The Labute approximate surface area is 155 Å². The van der Waals surface area contributed by atoms with Gasteiger partial charge in [-0.3, -0.25) is 14.8 Å². The van der Waals surface area contributed by atoms with Gasteiger partial charge in [-0.15, -0.1) is 0 Å². The molecule has 0 aliphatic carbocycles. The molecule has 0 spiro atoms. The molecule has 0 aliphatic heterocycles.